The molecule has 1 atom stereocenters. The quantitative estimate of drug-likeness (QED) is 0.654. The van der Waals surface area contributed by atoms with E-state index in [0.717, 1.165) is 0 Å². The fourth-order valence-electron chi connectivity index (χ4n) is 1.41. The van der Waals surface area contributed by atoms with Crippen molar-refractivity contribution in [2.45, 2.75) is 25.1 Å². The first kappa shape index (κ1) is 17.4. The van der Waals surface area contributed by atoms with Crippen LogP contribution in [0, 0.1) is 0 Å². The van der Waals surface area contributed by atoms with Crippen LogP contribution in [0.2, 0.25) is 0 Å². The van der Waals surface area contributed by atoms with Crippen LogP contribution in [0.3, 0.4) is 0 Å². The van der Waals surface area contributed by atoms with Crippen LogP contribution in [0.4, 0.5) is 13.2 Å². The van der Waals surface area contributed by atoms with Gasteiger partial charge in [-0.1, -0.05) is 28.1 Å². The smallest absolute Gasteiger partial charge is 0.321 e. The van der Waals surface area contributed by atoms with E-state index in [9.17, 15) is 22.8 Å². The van der Waals surface area contributed by atoms with Crippen LogP contribution < -0.4 is 5.73 Å². The topological polar surface area (TPSA) is 78.6 Å². The van der Waals surface area contributed by atoms with E-state index in [2.05, 4.69) is 25.7 Å². The molecule has 0 saturated heterocycles. The van der Waals surface area contributed by atoms with Gasteiger partial charge in [0.1, 0.15) is 0 Å². The zero-order chi connectivity index (χ0) is 16.3. The number of carbonyl (C=O) groups excluding carboxylic acids is 2. The molecule has 0 aliphatic heterocycles. The van der Waals surface area contributed by atoms with Crippen molar-refractivity contribution >= 4 is 27.9 Å². The second-order valence-electron chi connectivity index (χ2n) is 4.43. The van der Waals surface area contributed by atoms with Crippen LogP contribution in [0.1, 0.15) is 18.9 Å². The fraction of sp³-hybridized carbons (Fsp3) is 0.333. The molecule has 0 radical (unpaired) electrons. The zero-order valence-corrected chi connectivity index (χ0v) is 12.3. The van der Waals surface area contributed by atoms with Gasteiger partial charge in [0, 0.05) is 10.0 Å². The Balaban J connectivity index is 2.63. The van der Waals surface area contributed by atoms with Crippen LogP contribution >= 0.6 is 15.9 Å². The van der Waals surface area contributed by atoms with Crippen molar-refractivity contribution < 1.29 is 32.5 Å². The monoisotopic (exact) mass is 369 g/mol. The lowest BCUT2D eigenvalue weighted by atomic mass is 9.90. The summed E-state index contributed by atoms with van der Waals surface area (Å²) in [4.78, 5) is 29.0. The molecule has 0 spiro atoms. The molecular weight excluding hydrogens is 359 g/mol. The largest absolute Gasteiger partial charge is 0.495 e. The average Bonchev–Trinajstić information content (AvgIpc) is 2.34. The Kier molecular flexibility index (Phi) is 5.35. The van der Waals surface area contributed by atoms with Gasteiger partial charge in [-0.3, -0.25) is 0 Å². The van der Waals surface area contributed by atoms with Crippen molar-refractivity contribution in [1.82, 2.24) is 0 Å². The maximum absolute atomic E-state index is 11.9. The van der Waals surface area contributed by atoms with Gasteiger partial charge in [0.15, 0.2) is 0 Å². The van der Waals surface area contributed by atoms with Crippen LogP contribution in [-0.2, 0) is 24.9 Å². The van der Waals surface area contributed by atoms with E-state index in [-0.39, 0.29) is 0 Å². The second-order valence-corrected chi connectivity index (χ2v) is 5.34. The van der Waals surface area contributed by atoms with Crippen molar-refractivity contribution in [3.05, 3.63) is 34.3 Å². The standard InChI is InChI=1S/C12H11BrF3NO4/c1-11(17,7-3-2-4-8(13)5-7)6-9(18)20-21-10(19)12(14,15)16/h2-5H,6,17H2,1H3. The third kappa shape index (κ3) is 5.35. The highest BCUT2D eigenvalue weighted by Gasteiger charge is 2.43. The molecule has 0 bridgehead atoms. The summed E-state index contributed by atoms with van der Waals surface area (Å²) in [6, 6.07) is 6.71. The molecule has 116 valence electrons. The van der Waals surface area contributed by atoms with E-state index in [4.69, 9.17) is 5.73 Å². The van der Waals surface area contributed by atoms with Gasteiger partial charge in [0.25, 0.3) is 0 Å². The third-order valence-corrected chi connectivity index (χ3v) is 2.93. The van der Waals surface area contributed by atoms with E-state index in [1.807, 2.05) is 0 Å². The summed E-state index contributed by atoms with van der Waals surface area (Å²) >= 11 is 3.23. The van der Waals surface area contributed by atoms with Gasteiger partial charge in [-0.2, -0.15) is 13.2 Å². The minimum atomic E-state index is -5.24. The maximum atomic E-state index is 11.9. The molecule has 21 heavy (non-hydrogen) atoms. The number of alkyl halides is 3. The van der Waals surface area contributed by atoms with Crippen LogP contribution in [0.25, 0.3) is 0 Å². The molecule has 1 rings (SSSR count). The lowest BCUT2D eigenvalue weighted by Gasteiger charge is -2.23. The summed E-state index contributed by atoms with van der Waals surface area (Å²) < 4.78 is 36.3. The van der Waals surface area contributed by atoms with Gasteiger partial charge in [-0.25, -0.2) is 19.4 Å². The Labute approximate surface area is 126 Å². The molecule has 2 N–H and O–H groups in total. The molecule has 0 aromatic heterocycles. The number of nitrogens with two attached hydrogens (primary N) is 1. The summed E-state index contributed by atoms with van der Waals surface area (Å²) in [7, 11) is 0. The summed E-state index contributed by atoms with van der Waals surface area (Å²) in [6.07, 6.45) is -5.72. The summed E-state index contributed by atoms with van der Waals surface area (Å²) in [5.41, 5.74) is 5.26. The first-order valence-electron chi connectivity index (χ1n) is 5.56. The molecule has 0 aliphatic carbocycles. The number of rotatable bonds is 3. The Morgan fingerprint density at radius 1 is 1.29 bits per heavy atom. The van der Waals surface area contributed by atoms with Crippen molar-refractivity contribution in [3.63, 3.8) is 0 Å². The van der Waals surface area contributed by atoms with E-state index in [1.165, 1.54) is 6.92 Å². The number of halogens is 4. The van der Waals surface area contributed by atoms with Gasteiger partial charge in [0.05, 0.1) is 6.42 Å². The minimum absolute atomic E-state index is 0.478. The second kappa shape index (κ2) is 6.44. The van der Waals surface area contributed by atoms with E-state index < -0.39 is 30.1 Å². The lowest BCUT2D eigenvalue weighted by Crippen LogP contribution is -2.36. The third-order valence-electron chi connectivity index (χ3n) is 2.44. The van der Waals surface area contributed by atoms with Crippen LogP contribution in [0.15, 0.2) is 28.7 Å². The first-order chi connectivity index (χ1) is 9.52. The fourth-order valence-corrected chi connectivity index (χ4v) is 1.81. The summed E-state index contributed by atoms with van der Waals surface area (Å²) in [6.45, 7) is 1.49. The Hall–Kier alpha value is -1.61. The average molecular weight is 370 g/mol. The number of carbonyl (C=O) groups is 2. The van der Waals surface area contributed by atoms with E-state index >= 15 is 0 Å². The molecule has 0 amide bonds. The van der Waals surface area contributed by atoms with Crippen molar-refractivity contribution in [3.8, 4) is 0 Å². The minimum Gasteiger partial charge on any atom is -0.321 e. The molecule has 1 aromatic rings. The lowest BCUT2D eigenvalue weighted by molar-refractivity contribution is -0.286. The van der Waals surface area contributed by atoms with Crippen molar-refractivity contribution in [2.24, 2.45) is 5.73 Å². The van der Waals surface area contributed by atoms with Crippen molar-refractivity contribution in [2.75, 3.05) is 0 Å². The van der Waals surface area contributed by atoms with E-state index in [1.54, 1.807) is 24.3 Å². The molecule has 5 nitrogen and oxygen atoms in total. The highest BCUT2D eigenvalue weighted by molar-refractivity contribution is 9.10. The molecule has 0 heterocycles. The number of hydrogen-bond donors (Lipinski definition) is 1. The molecule has 9 heteroatoms. The molecule has 0 aliphatic rings. The summed E-state index contributed by atoms with van der Waals surface area (Å²) in [5.74, 6) is -3.81. The SMILES string of the molecule is CC(N)(CC(=O)OOC(=O)C(F)(F)F)c1cccc(Br)c1. The molecule has 0 saturated carbocycles. The molecule has 1 aromatic carbocycles. The Morgan fingerprint density at radius 2 is 1.90 bits per heavy atom. The Bertz CT molecular complexity index is 546. The van der Waals surface area contributed by atoms with Crippen molar-refractivity contribution in [1.29, 1.82) is 0 Å². The predicted octanol–water partition coefficient (Wildman–Crippen LogP) is 2.58. The molecule has 1 unspecified atom stereocenters. The van der Waals surface area contributed by atoms with Crippen LogP contribution in [-0.4, -0.2) is 18.1 Å². The normalized spacial score (nSPS) is 14.2. The predicted molar refractivity (Wildman–Crippen MR) is 68.5 cm³/mol. The first-order valence-corrected chi connectivity index (χ1v) is 6.35. The number of benzene rings is 1. The van der Waals surface area contributed by atoms with E-state index in [0.29, 0.717) is 10.0 Å². The molecular formula is C12H11BrF3NO4. The van der Waals surface area contributed by atoms with Gasteiger partial charge < -0.3 is 5.73 Å². The highest BCUT2D eigenvalue weighted by atomic mass is 79.9. The van der Waals surface area contributed by atoms with Gasteiger partial charge in [-0.05, 0) is 24.6 Å². The highest BCUT2D eigenvalue weighted by Crippen LogP contribution is 2.25. The summed E-state index contributed by atoms with van der Waals surface area (Å²) in [5, 5.41) is 0. The molecule has 0 fully saturated rings. The van der Waals surface area contributed by atoms with Gasteiger partial charge in [-0.15, -0.1) is 0 Å². The zero-order valence-electron chi connectivity index (χ0n) is 10.7. The maximum Gasteiger partial charge on any atom is 0.495 e. The van der Waals surface area contributed by atoms with Gasteiger partial charge >= 0.3 is 18.1 Å². The van der Waals surface area contributed by atoms with Gasteiger partial charge in [0.2, 0.25) is 0 Å². The van der Waals surface area contributed by atoms with Crippen LogP contribution in [0.5, 0.6) is 0 Å². The number of hydrogen-bond acceptors (Lipinski definition) is 5. The Morgan fingerprint density at radius 3 is 2.43 bits per heavy atom.